The van der Waals surface area contributed by atoms with E-state index in [0.717, 1.165) is 24.1 Å². The lowest BCUT2D eigenvalue weighted by atomic mass is 10.1. The number of carbonyl (C=O) groups is 2. The molecule has 27 heavy (non-hydrogen) atoms. The van der Waals surface area contributed by atoms with Gasteiger partial charge in [0.2, 0.25) is 0 Å². The van der Waals surface area contributed by atoms with Crippen LogP contribution in [0.5, 0.6) is 0 Å². The molecule has 0 unspecified atom stereocenters. The number of imidazole rings is 1. The van der Waals surface area contributed by atoms with Crippen molar-refractivity contribution in [3.63, 3.8) is 0 Å². The SMILES string of the molecule is O=C(O)CCNc1nccn2c(-c3ccc(C(=O)NC4CC4)cc3)cnc12. The Balaban J connectivity index is 1.56. The molecule has 0 saturated heterocycles. The van der Waals surface area contributed by atoms with Gasteiger partial charge in [-0.3, -0.25) is 14.0 Å². The van der Waals surface area contributed by atoms with Crippen molar-refractivity contribution in [3.8, 4) is 11.3 Å². The predicted octanol–water partition coefficient (Wildman–Crippen LogP) is 2.18. The van der Waals surface area contributed by atoms with E-state index in [9.17, 15) is 9.59 Å². The smallest absolute Gasteiger partial charge is 0.305 e. The van der Waals surface area contributed by atoms with Crippen molar-refractivity contribution < 1.29 is 14.7 Å². The Bertz CT molecular complexity index is 992. The summed E-state index contributed by atoms with van der Waals surface area (Å²) in [5, 5.41) is 14.7. The molecule has 3 aromatic rings. The molecule has 0 radical (unpaired) electrons. The lowest BCUT2D eigenvalue weighted by Crippen LogP contribution is -2.25. The number of anilines is 1. The molecule has 4 rings (SSSR count). The van der Waals surface area contributed by atoms with Crippen LogP contribution in [-0.2, 0) is 4.79 Å². The van der Waals surface area contributed by atoms with Gasteiger partial charge in [0, 0.05) is 36.1 Å². The third-order valence-electron chi connectivity index (χ3n) is 4.41. The molecule has 2 heterocycles. The van der Waals surface area contributed by atoms with Gasteiger partial charge in [-0.2, -0.15) is 0 Å². The Kier molecular flexibility index (Phi) is 4.45. The fourth-order valence-corrected chi connectivity index (χ4v) is 2.83. The molecule has 0 aliphatic heterocycles. The first kappa shape index (κ1) is 17.0. The molecular weight excluding hydrogens is 346 g/mol. The topological polar surface area (TPSA) is 109 Å². The Morgan fingerprint density at radius 2 is 1.96 bits per heavy atom. The highest BCUT2D eigenvalue weighted by atomic mass is 16.4. The van der Waals surface area contributed by atoms with Crippen molar-refractivity contribution in [2.75, 3.05) is 11.9 Å². The number of carbonyl (C=O) groups excluding carboxylic acids is 1. The molecule has 1 saturated carbocycles. The Labute approximate surface area is 155 Å². The van der Waals surface area contributed by atoms with Crippen LogP contribution in [0, 0.1) is 0 Å². The van der Waals surface area contributed by atoms with E-state index in [1.54, 1.807) is 30.7 Å². The van der Waals surface area contributed by atoms with Crippen LogP contribution in [0.2, 0.25) is 0 Å². The minimum Gasteiger partial charge on any atom is -0.481 e. The normalized spacial score (nSPS) is 13.5. The van der Waals surface area contributed by atoms with Crippen LogP contribution in [0.4, 0.5) is 5.82 Å². The third-order valence-corrected chi connectivity index (χ3v) is 4.41. The maximum Gasteiger partial charge on any atom is 0.305 e. The van der Waals surface area contributed by atoms with Crippen molar-refractivity contribution >= 4 is 23.3 Å². The summed E-state index contributed by atoms with van der Waals surface area (Å²) in [6.07, 6.45) is 7.29. The van der Waals surface area contributed by atoms with Crippen LogP contribution in [-0.4, -0.2) is 43.9 Å². The Hall–Kier alpha value is -3.42. The van der Waals surface area contributed by atoms with E-state index in [4.69, 9.17) is 5.11 Å². The minimum absolute atomic E-state index is 0.000678. The molecule has 1 aromatic carbocycles. The maximum absolute atomic E-state index is 12.1. The lowest BCUT2D eigenvalue weighted by molar-refractivity contribution is -0.136. The van der Waals surface area contributed by atoms with E-state index < -0.39 is 5.97 Å². The zero-order valence-corrected chi connectivity index (χ0v) is 14.6. The summed E-state index contributed by atoms with van der Waals surface area (Å²) in [7, 11) is 0. The first-order valence-electron chi connectivity index (χ1n) is 8.81. The number of nitrogens with one attached hydrogen (secondary N) is 2. The average Bonchev–Trinajstić information content (AvgIpc) is 3.37. The first-order valence-corrected chi connectivity index (χ1v) is 8.81. The molecule has 1 aliphatic carbocycles. The molecule has 0 atom stereocenters. The Morgan fingerprint density at radius 1 is 1.19 bits per heavy atom. The Morgan fingerprint density at radius 3 is 2.67 bits per heavy atom. The highest BCUT2D eigenvalue weighted by Crippen LogP contribution is 2.24. The number of hydrogen-bond donors (Lipinski definition) is 3. The summed E-state index contributed by atoms with van der Waals surface area (Å²) in [6.45, 7) is 0.273. The molecule has 0 spiro atoms. The number of aliphatic carboxylic acids is 1. The van der Waals surface area contributed by atoms with Crippen molar-refractivity contribution in [1.29, 1.82) is 0 Å². The van der Waals surface area contributed by atoms with Crippen molar-refractivity contribution in [2.45, 2.75) is 25.3 Å². The number of amides is 1. The van der Waals surface area contributed by atoms with Gasteiger partial charge in [0.15, 0.2) is 11.5 Å². The molecule has 1 fully saturated rings. The molecular formula is C19H19N5O3. The lowest BCUT2D eigenvalue weighted by Gasteiger charge is -2.07. The molecule has 138 valence electrons. The van der Waals surface area contributed by atoms with Crippen LogP contribution in [0.3, 0.4) is 0 Å². The van der Waals surface area contributed by atoms with Gasteiger partial charge in [0.25, 0.3) is 5.91 Å². The summed E-state index contributed by atoms with van der Waals surface area (Å²) < 4.78 is 1.88. The second-order valence-electron chi connectivity index (χ2n) is 6.51. The third kappa shape index (κ3) is 3.74. The standard InChI is InChI=1S/C19H19N5O3/c25-16(26)7-8-20-17-18-22-11-15(24(18)10-9-21-17)12-1-3-13(4-2-12)19(27)23-14-5-6-14/h1-4,9-11,14H,5-8H2,(H,20,21)(H,23,27)(H,25,26). The summed E-state index contributed by atoms with van der Waals surface area (Å²) >= 11 is 0. The highest BCUT2D eigenvalue weighted by molar-refractivity contribution is 5.95. The number of benzene rings is 1. The van der Waals surface area contributed by atoms with Crippen LogP contribution in [0.1, 0.15) is 29.6 Å². The van der Waals surface area contributed by atoms with Crippen LogP contribution in [0.15, 0.2) is 42.9 Å². The van der Waals surface area contributed by atoms with Gasteiger partial charge in [-0.15, -0.1) is 0 Å². The van der Waals surface area contributed by atoms with E-state index in [0.29, 0.717) is 23.1 Å². The second kappa shape index (κ2) is 7.06. The molecule has 1 aliphatic rings. The number of fused-ring (bicyclic) bond motifs is 1. The van der Waals surface area contributed by atoms with E-state index in [2.05, 4.69) is 20.6 Å². The van der Waals surface area contributed by atoms with Crippen LogP contribution in [0.25, 0.3) is 16.9 Å². The second-order valence-corrected chi connectivity index (χ2v) is 6.51. The molecule has 8 nitrogen and oxygen atoms in total. The highest BCUT2D eigenvalue weighted by Gasteiger charge is 2.23. The van der Waals surface area contributed by atoms with E-state index in [1.165, 1.54) is 0 Å². The molecule has 2 aromatic heterocycles. The van der Waals surface area contributed by atoms with Crippen molar-refractivity contribution in [2.24, 2.45) is 0 Å². The number of carboxylic acids is 1. The van der Waals surface area contributed by atoms with Crippen molar-refractivity contribution in [1.82, 2.24) is 19.7 Å². The summed E-state index contributed by atoms with van der Waals surface area (Å²) in [6, 6.07) is 7.72. The van der Waals surface area contributed by atoms with Crippen LogP contribution >= 0.6 is 0 Å². The monoisotopic (exact) mass is 365 g/mol. The molecule has 3 N–H and O–H groups in total. The van der Waals surface area contributed by atoms with Gasteiger partial charge in [0.1, 0.15) is 0 Å². The summed E-state index contributed by atoms with van der Waals surface area (Å²) in [5.74, 6) is -0.383. The van der Waals surface area contributed by atoms with Crippen LogP contribution < -0.4 is 10.6 Å². The van der Waals surface area contributed by atoms with Gasteiger partial charge in [-0.05, 0) is 25.0 Å². The van der Waals surface area contributed by atoms with E-state index >= 15 is 0 Å². The quantitative estimate of drug-likeness (QED) is 0.592. The fourth-order valence-electron chi connectivity index (χ4n) is 2.83. The van der Waals surface area contributed by atoms with Gasteiger partial charge >= 0.3 is 5.97 Å². The number of carboxylic acid groups (broad SMARTS) is 1. The number of nitrogens with zero attached hydrogens (tertiary/aromatic N) is 3. The van der Waals surface area contributed by atoms with Gasteiger partial charge < -0.3 is 15.7 Å². The zero-order valence-electron chi connectivity index (χ0n) is 14.6. The molecule has 8 heteroatoms. The number of aromatic nitrogens is 3. The summed E-state index contributed by atoms with van der Waals surface area (Å²) in [5.41, 5.74) is 3.04. The maximum atomic E-state index is 12.1. The molecule has 0 bridgehead atoms. The van der Waals surface area contributed by atoms with Gasteiger partial charge in [0.05, 0.1) is 18.3 Å². The number of rotatable bonds is 7. The fraction of sp³-hybridized carbons (Fsp3) is 0.263. The van der Waals surface area contributed by atoms with E-state index in [1.807, 2.05) is 16.5 Å². The van der Waals surface area contributed by atoms with E-state index in [-0.39, 0.29) is 18.9 Å². The minimum atomic E-state index is -0.871. The number of hydrogen-bond acceptors (Lipinski definition) is 5. The summed E-state index contributed by atoms with van der Waals surface area (Å²) in [4.78, 5) is 31.4. The largest absolute Gasteiger partial charge is 0.481 e. The molecule has 1 amide bonds. The zero-order chi connectivity index (χ0) is 18.8. The average molecular weight is 365 g/mol. The predicted molar refractivity (Wildman–Crippen MR) is 99.7 cm³/mol. The van der Waals surface area contributed by atoms with Crippen molar-refractivity contribution in [3.05, 3.63) is 48.4 Å². The van der Waals surface area contributed by atoms with Gasteiger partial charge in [-0.1, -0.05) is 12.1 Å². The first-order chi connectivity index (χ1) is 13.1. The van der Waals surface area contributed by atoms with Gasteiger partial charge in [-0.25, -0.2) is 9.97 Å².